The molecule has 0 saturated carbocycles. The average Bonchev–Trinajstić information content (AvgIpc) is 2.74. The number of hydrogen-bond acceptors (Lipinski definition) is 5. The maximum absolute atomic E-state index is 10.1. The number of nitrogens with one attached hydrogen (secondary N) is 1. The maximum atomic E-state index is 10.1. The van der Waals surface area contributed by atoms with Crippen molar-refractivity contribution >= 4 is 11.6 Å². The molecule has 2 aliphatic heterocycles. The standard InChI is InChI=1S/C21H34N4O3/c1-2-22-21(23-10-5-15-28-18-8-16-27-17-9-18)25-13-11-24(12-14-25)19-6-3-4-7-20(19)26/h3-4,6-7,18,26H,2,5,8-17H2,1H3,(H,22,23). The summed E-state index contributed by atoms with van der Waals surface area (Å²) in [7, 11) is 0. The number of nitrogens with zero attached hydrogens (tertiary/aromatic N) is 3. The van der Waals surface area contributed by atoms with Crippen LogP contribution in [0.1, 0.15) is 26.2 Å². The molecule has 0 bridgehead atoms. The number of anilines is 1. The minimum absolute atomic E-state index is 0.348. The van der Waals surface area contributed by atoms with Crippen molar-refractivity contribution in [2.45, 2.75) is 32.3 Å². The summed E-state index contributed by atoms with van der Waals surface area (Å²) in [5, 5.41) is 13.5. The molecule has 2 N–H and O–H groups in total. The van der Waals surface area contributed by atoms with Gasteiger partial charge in [-0.2, -0.15) is 0 Å². The van der Waals surface area contributed by atoms with Crippen LogP contribution in [-0.2, 0) is 9.47 Å². The van der Waals surface area contributed by atoms with E-state index in [1.165, 1.54) is 0 Å². The van der Waals surface area contributed by atoms with Crippen molar-refractivity contribution in [1.82, 2.24) is 10.2 Å². The molecule has 0 aromatic heterocycles. The van der Waals surface area contributed by atoms with Gasteiger partial charge in [0.15, 0.2) is 5.96 Å². The molecule has 0 atom stereocenters. The number of aromatic hydroxyl groups is 1. The molecule has 28 heavy (non-hydrogen) atoms. The number of phenols is 1. The largest absolute Gasteiger partial charge is 0.506 e. The summed E-state index contributed by atoms with van der Waals surface area (Å²) in [6.07, 6.45) is 3.30. The van der Waals surface area contributed by atoms with E-state index in [4.69, 9.17) is 14.5 Å². The number of hydrogen-bond donors (Lipinski definition) is 2. The molecule has 0 unspecified atom stereocenters. The Labute approximate surface area is 168 Å². The van der Waals surface area contributed by atoms with Crippen LogP contribution < -0.4 is 10.2 Å². The number of aliphatic imine (C=N–C) groups is 1. The third-order valence-corrected chi connectivity index (χ3v) is 5.22. The van der Waals surface area contributed by atoms with Crippen molar-refractivity contribution in [2.75, 3.05) is 64.0 Å². The Morgan fingerprint density at radius 1 is 1.21 bits per heavy atom. The van der Waals surface area contributed by atoms with Crippen LogP contribution >= 0.6 is 0 Å². The lowest BCUT2D eigenvalue weighted by atomic mass is 10.1. The van der Waals surface area contributed by atoms with Gasteiger partial charge in [-0.15, -0.1) is 0 Å². The minimum Gasteiger partial charge on any atom is -0.506 e. The van der Waals surface area contributed by atoms with Gasteiger partial charge in [0.05, 0.1) is 11.8 Å². The first-order valence-corrected chi connectivity index (χ1v) is 10.5. The molecule has 156 valence electrons. The van der Waals surface area contributed by atoms with Crippen LogP contribution in [0, 0.1) is 0 Å². The van der Waals surface area contributed by atoms with Crippen molar-refractivity contribution in [3.63, 3.8) is 0 Å². The fourth-order valence-electron chi connectivity index (χ4n) is 3.66. The van der Waals surface area contributed by atoms with Gasteiger partial charge >= 0.3 is 0 Å². The van der Waals surface area contributed by atoms with Crippen LogP contribution in [0.4, 0.5) is 5.69 Å². The molecular weight excluding hydrogens is 356 g/mol. The average molecular weight is 391 g/mol. The van der Waals surface area contributed by atoms with Gasteiger partial charge in [-0.25, -0.2) is 0 Å². The predicted molar refractivity (Wildman–Crippen MR) is 112 cm³/mol. The normalized spacial score (nSPS) is 19.1. The SMILES string of the molecule is CCNC(=NCCCOC1CCOCC1)N1CCN(c2ccccc2O)CC1. The molecule has 3 rings (SSSR count). The molecule has 2 heterocycles. The number of benzene rings is 1. The molecular formula is C21H34N4O3. The summed E-state index contributed by atoms with van der Waals surface area (Å²) < 4.78 is 11.3. The summed E-state index contributed by atoms with van der Waals surface area (Å²) in [4.78, 5) is 9.33. The Hall–Kier alpha value is -1.99. The van der Waals surface area contributed by atoms with Crippen LogP contribution in [0.5, 0.6) is 5.75 Å². The van der Waals surface area contributed by atoms with E-state index in [9.17, 15) is 5.11 Å². The van der Waals surface area contributed by atoms with Crippen molar-refractivity contribution in [2.24, 2.45) is 4.99 Å². The molecule has 2 fully saturated rings. The van der Waals surface area contributed by atoms with E-state index in [2.05, 4.69) is 22.0 Å². The smallest absolute Gasteiger partial charge is 0.194 e. The van der Waals surface area contributed by atoms with Gasteiger partial charge in [-0.3, -0.25) is 4.99 Å². The fourth-order valence-corrected chi connectivity index (χ4v) is 3.66. The van der Waals surface area contributed by atoms with Crippen LogP contribution in [0.3, 0.4) is 0 Å². The fraction of sp³-hybridized carbons (Fsp3) is 0.667. The number of para-hydroxylation sites is 2. The minimum atomic E-state index is 0.348. The topological polar surface area (TPSA) is 69.6 Å². The zero-order valence-electron chi connectivity index (χ0n) is 17.0. The number of guanidine groups is 1. The summed E-state index contributed by atoms with van der Waals surface area (Å²) in [6, 6.07) is 7.55. The number of rotatable bonds is 7. The first kappa shape index (κ1) is 20.7. The van der Waals surface area contributed by atoms with Gasteiger partial charge in [-0.05, 0) is 38.3 Å². The molecule has 7 heteroatoms. The lowest BCUT2D eigenvalue weighted by molar-refractivity contribution is -0.0318. The lowest BCUT2D eigenvalue weighted by Crippen LogP contribution is -2.52. The Bertz CT molecular complexity index is 611. The molecule has 0 spiro atoms. The van der Waals surface area contributed by atoms with Crippen LogP contribution in [0.25, 0.3) is 0 Å². The summed E-state index contributed by atoms with van der Waals surface area (Å²) in [6.45, 7) is 9.64. The second kappa shape index (κ2) is 11.1. The van der Waals surface area contributed by atoms with E-state index in [-0.39, 0.29) is 0 Å². The third kappa shape index (κ3) is 6.01. The molecule has 0 aliphatic carbocycles. The van der Waals surface area contributed by atoms with E-state index in [0.717, 1.165) is 90.0 Å². The summed E-state index contributed by atoms with van der Waals surface area (Å²) >= 11 is 0. The van der Waals surface area contributed by atoms with Gasteiger partial charge in [0.25, 0.3) is 0 Å². The number of piperazine rings is 1. The van der Waals surface area contributed by atoms with E-state index in [1.54, 1.807) is 6.07 Å². The highest BCUT2D eigenvalue weighted by Crippen LogP contribution is 2.27. The maximum Gasteiger partial charge on any atom is 0.194 e. The predicted octanol–water partition coefficient (Wildman–Crippen LogP) is 2.07. The Balaban J connectivity index is 1.43. The second-order valence-electron chi connectivity index (χ2n) is 7.23. The highest BCUT2D eigenvalue weighted by Gasteiger charge is 2.21. The molecule has 1 aromatic carbocycles. The lowest BCUT2D eigenvalue weighted by Gasteiger charge is -2.37. The van der Waals surface area contributed by atoms with E-state index < -0.39 is 0 Å². The highest BCUT2D eigenvalue weighted by molar-refractivity contribution is 5.80. The molecule has 2 aliphatic rings. The molecule has 1 aromatic rings. The Kier molecular flexibility index (Phi) is 8.23. The first-order chi connectivity index (χ1) is 13.8. The molecule has 0 amide bonds. The van der Waals surface area contributed by atoms with E-state index >= 15 is 0 Å². The Morgan fingerprint density at radius 2 is 1.96 bits per heavy atom. The van der Waals surface area contributed by atoms with Crippen LogP contribution in [0.2, 0.25) is 0 Å². The van der Waals surface area contributed by atoms with Gasteiger partial charge in [-0.1, -0.05) is 12.1 Å². The van der Waals surface area contributed by atoms with Crippen LogP contribution in [0.15, 0.2) is 29.3 Å². The van der Waals surface area contributed by atoms with Gasteiger partial charge < -0.3 is 29.7 Å². The Morgan fingerprint density at radius 3 is 2.68 bits per heavy atom. The zero-order chi connectivity index (χ0) is 19.6. The molecule has 2 saturated heterocycles. The first-order valence-electron chi connectivity index (χ1n) is 10.5. The van der Waals surface area contributed by atoms with Crippen molar-refractivity contribution < 1.29 is 14.6 Å². The van der Waals surface area contributed by atoms with Gasteiger partial charge in [0.2, 0.25) is 0 Å². The summed E-state index contributed by atoms with van der Waals surface area (Å²) in [5.74, 6) is 1.33. The molecule has 0 radical (unpaired) electrons. The van der Waals surface area contributed by atoms with Crippen molar-refractivity contribution in [3.05, 3.63) is 24.3 Å². The number of phenolic OH excluding ortho intramolecular Hbond substituents is 1. The third-order valence-electron chi connectivity index (χ3n) is 5.22. The van der Waals surface area contributed by atoms with Crippen molar-refractivity contribution in [1.29, 1.82) is 0 Å². The highest BCUT2D eigenvalue weighted by atomic mass is 16.5. The van der Waals surface area contributed by atoms with Gasteiger partial charge in [0, 0.05) is 59.1 Å². The van der Waals surface area contributed by atoms with Crippen molar-refractivity contribution in [3.8, 4) is 5.75 Å². The van der Waals surface area contributed by atoms with E-state index in [1.807, 2.05) is 18.2 Å². The van der Waals surface area contributed by atoms with E-state index in [0.29, 0.717) is 11.9 Å². The second-order valence-corrected chi connectivity index (χ2v) is 7.23. The molecule has 7 nitrogen and oxygen atoms in total. The number of ether oxygens (including phenoxy) is 2. The summed E-state index contributed by atoms with van der Waals surface area (Å²) in [5.41, 5.74) is 0.911. The van der Waals surface area contributed by atoms with Crippen LogP contribution in [-0.4, -0.2) is 81.2 Å². The zero-order valence-corrected chi connectivity index (χ0v) is 17.0. The van der Waals surface area contributed by atoms with Gasteiger partial charge in [0.1, 0.15) is 5.75 Å². The quantitative estimate of drug-likeness (QED) is 0.422. The monoisotopic (exact) mass is 390 g/mol.